The van der Waals surface area contributed by atoms with Gasteiger partial charge < -0.3 is 5.11 Å². The van der Waals surface area contributed by atoms with Gasteiger partial charge in [-0.05, 0) is 42.9 Å². The molecule has 1 aliphatic heterocycles. The van der Waals surface area contributed by atoms with Crippen molar-refractivity contribution in [2.24, 2.45) is 5.92 Å². The minimum atomic E-state index is -3.34. The molecular formula is C16H21N5O4S. The van der Waals surface area contributed by atoms with Crippen molar-refractivity contribution in [3.63, 3.8) is 0 Å². The van der Waals surface area contributed by atoms with Gasteiger partial charge in [-0.1, -0.05) is 5.21 Å². The first-order valence-electron chi connectivity index (χ1n) is 8.44. The highest BCUT2D eigenvalue weighted by Crippen LogP contribution is 2.21. The van der Waals surface area contributed by atoms with E-state index in [9.17, 15) is 13.2 Å². The van der Waals surface area contributed by atoms with Crippen molar-refractivity contribution in [3.8, 4) is 0 Å². The third-order valence-electron chi connectivity index (χ3n) is 4.48. The number of sulfonamides is 1. The van der Waals surface area contributed by atoms with Crippen LogP contribution >= 0.6 is 0 Å². The number of hydrogen-bond donors (Lipinski definition) is 1. The molecule has 0 unspecified atom stereocenters. The summed E-state index contributed by atoms with van der Waals surface area (Å²) in [7, 11) is -3.34. The third kappa shape index (κ3) is 4.64. The lowest BCUT2D eigenvalue weighted by Crippen LogP contribution is -2.42. The number of aromatic carboxylic acids is 1. The molecule has 0 bridgehead atoms. The molecule has 0 amide bonds. The Hall–Kier alpha value is -2.33. The lowest BCUT2D eigenvalue weighted by molar-refractivity contribution is 0.0690. The fourth-order valence-electron chi connectivity index (χ4n) is 3.10. The molecule has 1 N–H and O–H groups in total. The highest BCUT2D eigenvalue weighted by molar-refractivity contribution is 7.89. The molecule has 2 aromatic rings. The Morgan fingerprint density at radius 2 is 2.08 bits per heavy atom. The van der Waals surface area contributed by atoms with Gasteiger partial charge in [0.05, 0.1) is 11.9 Å². The van der Waals surface area contributed by atoms with Crippen LogP contribution in [0.2, 0.25) is 0 Å². The Bertz CT molecular complexity index is 853. The summed E-state index contributed by atoms with van der Waals surface area (Å²) >= 11 is 0. The van der Waals surface area contributed by atoms with Crippen LogP contribution in [0.5, 0.6) is 0 Å². The van der Waals surface area contributed by atoms with Crippen LogP contribution < -0.4 is 0 Å². The van der Waals surface area contributed by atoms with Crippen LogP contribution in [-0.4, -0.2) is 62.6 Å². The smallest absolute Gasteiger partial charge is 0.358 e. The molecule has 26 heavy (non-hydrogen) atoms. The quantitative estimate of drug-likeness (QED) is 0.750. The Morgan fingerprint density at radius 1 is 1.31 bits per heavy atom. The first-order chi connectivity index (χ1) is 12.4. The van der Waals surface area contributed by atoms with E-state index in [1.807, 2.05) is 12.1 Å². The molecule has 1 aliphatic rings. The molecule has 9 nitrogen and oxygen atoms in total. The lowest BCUT2D eigenvalue weighted by atomic mass is 10.00. The van der Waals surface area contributed by atoms with E-state index in [1.165, 1.54) is 15.2 Å². The van der Waals surface area contributed by atoms with Gasteiger partial charge in [-0.15, -0.1) is 5.10 Å². The SMILES string of the molecule is O=C(O)c1cn(C[C@@H]2CCCN(S(=O)(=O)CCc3ccncc3)C2)nn1. The number of carboxylic acid groups (broad SMARTS) is 1. The molecule has 0 aromatic carbocycles. The molecule has 3 rings (SSSR count). The summed E-state index contributed by atoms with van der Waals surface area (Å²) in [5.41, 5.74) is 0.837. The van der Waals surface area contributed by atoms with Crippen molar-refractivity contribution in [1.82, 2.24) is 24.3 Å². The Kier molecular flexibility index (Phi) is 5.62. The van der Waals surface area contributed by atoms with Gasteiger partial charge in [0, 0.05) is 32.0 Å². The molecule has 1 fully saturated rings. The number of piperidine rings is 1. The van der Waals surface area contributed by atoms with Crippen LogP contribution in [0.3, 0.4) is 0 Å². The maximum atomic E-state index is 12.6. The van der Waals surface area contributed by atoms with Crippen LogP contribution in [0.25, 0.3) is 0 Å². The molecule has 3 heterocycles. The number of carboxylic acids is 1. The van der Waals surface area contributed by atoms with Crippen molar-refractivity contribution in [2.75, 3.05) is 18.8 Å². The van der Waals surface area contributed by atoms with Crippen LogP contribution in [0.1, 0.15) is 28.9 Å². The van der Waals surface area contributed by atoms with Gasteiger partial charge in [-0.2, -0.15) is 0 Å². The van der Waals surface area contributed by atoms with Crippen molar-refractivity contribution >= 4 is 16.0 Å². The van der Waals surface area contributed by atoms with Crippen LogP contribution in [0, 0.1) is 5.92 Å². The van der Waals surface area contributed by atoms with Gasteiger partial charge in [-0.25, -0.2) is 17.5 Å². The predicted molar refractivity (Wildman–Crippen MR) is 93.0 cm³/mol. The summed E-state index contributed by atoms with van der Waals surface area (Å²) < 4.78 is 28.3. The van der Waals surface area contributed by atoms with E-state index in [0.717, 1.165) is 18.4 Å². The number of aromatic nitrogens is 4. The topological polar surface area (TPSA) is 118 Å². The fourth-order valence-corrected chi connectivity index (χ4v) is 4.70. The van der Waals surface area contributed by atoms with E-state index in [-0.39, 0.29) is 17.4 Å². The molecule has 1 saturated heterocycles. The molecule has 2 aromatic heterocycles. The Labute approximate surface area is 151 Å². The van der Waals surface area contributed by atoms with E-state index in [0.29, 0.717) is 26.1 Å². The first kappa shape index (κ1) is 18.5. The molecule has 0 spiro atoms. The number of nitrogens with zero attached hydrogens (tertiary/aromatic N) is 5. The van der Waals surface area contributed by atoms with E-state index in [2.05, 4.69) is 15.3 Å². The maximum absolute atomic E-state index is 12.6. The summed E-state index contributed by atoms with van der Waals surface area (Å²) in [6, 6.07) is 3.64. The van der Waals surface area contributed by atoms with Gasteiger partial charge in [0.15, 0.2) is 5.69 Å². The number of pyridine rings is 1. The largest absolute Gasteiger partial charge is 0.476 e. The molecule has 140 valence electrons. The molecule has 0 aliphatic carbocycles. The predicted octanol–water partition coefficient (Wildman–Crippen LogP) is 0.656. The standard InChI is InChI=1S/C16H21N5O4S/c22-16(23)15-12-20(19-18-15)10-14-2-1-8-21(11-14)26(24,25)9-5-13-3-6-17-7-4-13/h3-4,6-7,12,14H,1-2,5,8-11H2,(H,22,23)/t14-/m0/s1. The fraction of sp³-hybridized carbons (Fsp3) is 0.500. The number of hydrogen-bond acceptors (Lipinski definition) is 6. The highest BCUT2D eigenvalue weighted by Gasteiger charge is 2.29. The van der Waals surface area contributed by atoms with Crippen molar-refractivity contribution in [1.29, 1.82) is 0 Å². The summed E-state index contributed by atoms with van der Waals surface area (Å²) in [6.45, 7) is 1.39. The Balaban J connectivity index is 1.58. The van der Waals surface area contributed by atoms with Crippen molar-refractivity contribution in [3.05, 3.63) is 42.0 Å². The number of carbonyl (C=O) groups is 1. The number of aryl methyl sites for hydroxylation is 1. The second-order valence-corrected chi connectivity index (χ2v) is 8.51. The summed E-state index contributed by atoms with van der Waals surface area (Å²) in [5.74, 6) is -0.973. The molecule has 0 radical (unpaired) electrons. The third-order valence-corrected chi connectivity index (χ3v) is 6.31. The molecule has 10 heteroatoms. The van der Waals surface area contributed by atoms with E-state index >= 15 is 0 Å². The molecule has 1 atom stereocenters. The van der Waals surface area contributed by atoms with Gasteiger partial charge >= 0.3 is 5.97 Å². The zero-order valence-electron chi connectivity index (χ0n) is 14.2. The van der Waals surface area contributed by atoms with Gasteiger partial charge in [-0.3, -0.25) is 9.67 Å². The van der Waals surface area contributed by atoms with Crippen LogP contribution in [-0.2, 0) is 23.0 Å². The Morgan fingerprint density at radius 3 is 2.77 bits per heavy atom. The average molecular weight is 379 g/mol. The van der Waals surface area contributed by atoms with Gasteiger partial charge in [0.1, 0.15) is 0 Å². The second kappa shape index (κ2) is 7.92. The summed E-state index contributed by atoms with van der Waals surface area (Å²) in [4.78, 5) is 14.8. The zero-order valence-corrected chi connectivity index (χ0v) is 15.0. The lowest BCUT2D eigenvalue weighted by Gasteiger charge is -2.31. The normalized spacial score (nSPS) is 18.7. The van der Waals surface area contributed by atoms with Crippen molar-refractivity contribution in [2.45, 2.75) is 25.8 Å². The molecular weight excluding hydrogens is 358 g/mol. The summed E-state index contributed by atoms with van der Waals surface area (Å²) in [5, 5.41) is 16.3. The van der Waals surface area contributed by atoms with Gasteiger partial charge in [0.25, 0.3) is 0 Å². The monoisotopic (exact) mass is 379 g/mol. The van der Waals surface area contributed by atoms with E-state index in [4.69, 9.17) is 5.11 Å². The van der Waals surface area contributed by atoms with Crippen molar-refractivity contribution < 1.29 is 18.3 Å². The highest BCUT2D eigenvalue weighted by atomic mass is 32.2. The summed E-state index contributed by atoms with van der Waals surface area (Å²) in [6.07, 6.45) is 6.79. The molecule has 0 saturated carbocycles. The first-order valence-corrected chi connectivity index (χ1v) is 10.0. The van der Waals surface area contributed by atoms with E-state index in [1.54, 1.807) is 12.4 Å². The average Bonchev–Trinajstić information content (AvgIpc) is 3.10. The van der Waals surface area contributed by atoms with Crippen LogP contribution in [0.4, 0.5) is 0 Å². The number of rotatable bonds is 7. The zero-order chi connectivity index (χ0) is 18.6. The minimum Gasteiger partial charge on any atom is -0.476 e. The second-order valence-electron chi connectivity index (χ2n) is 6.42. The van der Waals surface area contributed by atoms with Gasteiger partial charge in [0.2, 0.25) is 10.0 Å². The maximum Gasteiger partial charge on any atom is 0.358 e. The van der Waals surface area contributed by atoms with E-state index < -0.39 is 16.0 Å². The van der Waals surface area contributed by atoms with Crippen LogP contribution in [0.15, 0.2) is 30.7 Å². The minimum absolute atomic E-state index is 0.0657.